The molecule has 0 aromatic heterocycles. The molecule has 0 radical (unpaired) electrons. The van der Waals surface area contributed by atoms with Gasteiger partial charge in [-0.25, -0.2) is 4.90 Å². The number of nitrogens with zero attached hydrogens (tertiary/aromatic N) is 2. The maximum Gasteiger partial charge on any atom is 0.265 e. The fraction of sp³-hybridized carbons (Fsp3) is 0.192. The number of rotatable bonds is 4. The van der Waals surface area contributed by atoms with Crippen LogP contribution in [0.15, 0.2) is 77.3 Å². The van der Waals surface area contributed by atoms with Crippen LogP contribution in [0.25, 0.3) is 0 Å². The van der Waals surface area contributed by atoms with Crippen LogP contribution < -0.4 is 9.64 Å². The van der Waals surface area contributed by atoms with Crippen molar-refractivity contribution in [1.82, 2.24) is 4.90 Å². The van der Waals surface area contributed by atoms with Gasteiger partial charge in [0.1, 0.15) is 11.2 Å². The van der Waals surface area contributed by atoms with E-state index in [2.05, 4.69) is 15.9 Å². The Balaban J connectivity index is 1.47. The van der Waals surface area contributed by atoms with Crippen LogP contribution in [-0.2, 0) is 21.5 Å². The SMILES string of the molecule is COc1ccc(CN2C[C@@]3(CC2=O)C(=O)N(C(=O)c2ccc(Br)cc2)c2ccccc23)cc1. The van der Waals surface area contributed by atoms with Crippen LogP contribution in [0.3, 0.4) is 0 Å². The van der Waals surface area contributed by atoms with Crippen molar-refractivity contribution in [2.24, 2.45) is 0 Å². The van der Waals surface area contributed by atoms with E-state index in [1.807, 2.05) is 36.4 Å². The average molecular weight is 505 g/mol. The number of carbonyl (C=O) groups excluding carboxylic acids is 3. The van der Waals surface area contributed by atoms with Crippen molar-refractivity contribution >= 4 is 39.3 Å². The number of hydrogen-bond donors (Lipinski definition) is 0. The first kappa shape index (κ1) is 21.4. The van der Waals surface area contributed by atoms with Gasteiger partial charge in [-0.15, -0.1) is 0 Å². The van der Waals surface area contributed by atoms with Gasteiger partial charge in [0.25, 0.3) is 5.91 Å². The molecule has 2 heterocycles. The second-order valence-electron chi connectivity index (χ2n) is 8.33. The van der Waals surface area contributed by atoms with E-state index in [4.69, 9.17) is 4.74 Å². The van der Waals surface area contributed by atoms with Gasteiger partial charge in [-0.1, -0.05) is 46.3 Å². The highest BCUT2D eigenvalue weighted by molar-refractivity contribution is 9.10. The van der Waals surface area contributed by atoms with Crippen LogP contribution in [0.2, 0.25) is 0 Å². The van der Waals surface area contributed by atoms with Crippen molar-refractivity contribution in [2.75, 3.05) is 18.6 Å². The highest BCUT2D eigenvalue weighted by Gasteiger charge is 2.58. The summed E-state index contributed by atoms with van der Waals surface area (Å²) in [4.78, 5) is 43.1. The molecule has 0 unspecified atom stereocenters. The number of fused-ring (bicyclic) bond motifs is 2. The molecular formula is C26H21BrN2O4. The van der Waals surface area contributed by atoms with E-state index in [-0.39, 0.29) is 24.8 Å². The summed E-state index contributed by atoms with van der Waals surface area (Å²) in [5.41, 5.74) is 1.58. The van der Waals surface area contributed by atoms with Gasteiger partial charge in [0.15, 0.2) is 0 Å². The molecular weight excluding hydrogens is 484 g/mol. The Morgan fingerprint density at radius 2 is 1.70 bits per heavy atom. The molecule has 3 amide bonds. The number of likely N-dealkylation sites (tertiary alicyclic amines) is 1. The van der Waals surface area contributed by atoms with Crippen LogP contribution in [0, 0.1) is 0 Å². The van der Waals surface area contributed by atoms with Crippen molar-refractivity contribution in [1.29, 1.82) is 0 Å². The Morgan fingerprint density at radius 3 is 2.39 bits per heavy atom. The predicted octanol–water partition coefficient (Wildman–Crippen LogP) is 4.32. The lowest BCUT2D eigenvalue weighted by Crippen LogP contribution is -2.44. The Morgan fingerprint density at radius 1 is 1.00 bits per heavy atom. The zero-order valence-electron chi connectivity index (χ0n) is 18.0. The van der Waals surface area contributed by atoms with Gasteiger partial charge in [-0.05, 0) is 53.6 Å². The van der Waals surface area contributed by atoms with Gasteiger partial charge < -0.3 is 9.64 Å². The fourth-order valence-corrected chi connectivity index (χ4v) is 4.96. The summed E-state index contributed by atoms with van der Waals surface area (Å²) in [5.74, 6) is -0.100. The van der Waals surface area contributed by atoms with Gasteiger partial charge in [-0.2, -0.15) is 0 Å². The van der Waals surface area contributed by atoms with Gasteiger partial charge in [0.2, 0.25) is 11.8 Å². The molecule has 1 saturated heterocycles. The Labute approximate surface area is 199 Å². The van der Waals surface area contributed by atoms with Crippen LogP contribution in [0.1, 0.15) is 27.9 Å². The molecule has 6 nitrogen and oxygen atoms in total. The van der Waals surface area contributed by atoms with Gasteiger partial charge >= 0.3 is 0 Å². The lowest BCUT2D eigenvalue weighted by molar-refractivity contribution is -0.129. The van der Waals surface area contributed by atoms with E-state index in [0.717, 1.165) is 21.3 Å². The molecule has 0 N–H and O–H groups in total. The van der Waals surface area contributed by atoms with E-state index in [1.54, 1.807) is 48.4 Å². The molecule has 7 heteroatoms. The van der Waals surface area contributed by atoms with Crippen molar-refractivity contribution in [3.8, 4) is 5.75 Å². The molecule has 2 aliphatic rings. The van der Waals surface area contributed by atoms with E-state index >= 15 is 0 Å². The lowest BCUT2D eigenvalue weighted by atomic mass is 9.81. The number of anilines is 1. The summed E-state index contributed by atoms with van der Waals surface area (Å²) in [6.07, 6.45) is 0.0448. The topological polar surface area (TPSA) is 66.9 Å². The van der Waals surface area contributed by atoms with Crippen LogP contribution in [0.4, 0.5) is 5.69 Å². The molecule has 33 heavy (non-hydrogen) atoms. The van der Waals surface area contributed by atoms with Crippen LogP contribution >= 0.6 is 15.9 Å². The minimum Gasteiger partial charge on any atom is -0.497 e. The number of imide groups is 1. The van der Waals surface area contributed by atoms with Crippen molar-refractivity contribution < 1.29 is 19.1 Å². The minimum atomic E-state index is -1.06. The molecule has 3 aromatic rings. The molecule has 0 saturated carbocycles. The number of halogens is 1. The van der Waals surface area contributed by atoms with E-state index < -0.39 is 11.3 Å². The molecule has 5 rings (SSSR count). The standard InChI is InChI=1S/C26H21BrN2O4/c1-33-20-12-6-17(7-13-20)15-28-16-26(14-23(28)30)21-4-2-3-5-22(21)29(25(26)32)24(31)18-8-10-19(27)11-9-18/h2-13H,14-16H2,1H3/t26-/m1/s1. The molecule has 3 aromatic carbocycles. The summed E-state index contributed by atoms with van der Waals surface area (Å²) in [5, 5.41) is 0. The van der Waals surface area contributed by atoms with Crippen LogP contribution in [0.5, 0.6) is 5.75 Å². The quantitative estimate of drug-likeness (QED) is 0.496. The minimum absolute atomic E-state index is 0.0448. The lowest BCUT2D eigenvalue weighted by Gasteiger charge is -2.23. The first-order chi connectivity index (χ1) is 15.9. The molecule has 1 fully saturated rings. The number of para-hydroxylation sites is 1. The summed E-state index contributed by atoms with van der Waals surface area (Å²) in [6, 6.07) is 21.7. The van der Waals surface area contributed by atoms with E-state index in [9.17, 15) is 14.4 Å². The van der Waals surface area contributed by atoms with Gasteiger partial charge in [0.05, 0.1) is 12.8 Å². The summed E-state index contributed by atoms with van der Waals surface area (Å²) < 4.78 is 6.05. The highest BCUT2D eigenvalue weighted by Crippen LogP contribution is 2.48. The van der Waals surface area contributed by atoms with Crippen molar-refractivity contribution in [2.45, 2.75) is 18.4 Å². The Bertz CT molecular complexity index is 1260. The fourth-order valence-electron chi connectivity index (χ4n) is 4.69. The number of benzene rings is 3. The zero-order valence-corrected chi connectivity index (χ0v) is 19.5. The first-order valence-electron chi connectivity index (χ1n) is 10.6. The molecule has 2 aliphatic heterocycles. The third-order valence-corrected chi connectivity index (χ3v) is 6.89. The first-order valence-corrected chi connectivity index (χ1v) is 11.4. The number of carbonyl (C=O) groups is 3. The molecule has 1 atom stereocenters. The number of ether oxygens (including phenoxy) is 1. The number of amides is 3. The molecule has 1 spiro atoms. The normalized spacial score (nSPS) is 19.3. The Kier molecular flexibility index (Phi) is 5.29. The monoisotopic (exact) mass is 504 g/mol. The molecule has 166 valence electrons. The van der Waals surface area contributed by atoms with Gasteiger partial charge in [-0.3, -0.25) is 14.4 Å². The summed E-state index contributed by atoms with van der Waals surface area (Å²) in [6.45, 7) is 0.624. The van der Waals surface area contributed by atoms with Crippen molar-refractivity contribution in [3.63, 3.8) is 0 Å². The largest absolute Gasteiger partial charge is 0.497 e. The second-order valence-corrected chi connectivity index (χ2v) is 9.24. The predicted molar refractivity (Wildman–Crippen MR) is 127 cm³/mol. The molecule has 0 aliphatic carbocycles. The average Bonchev–Trinajstić information content (AvgIpc) is 3.28. The third-order valence-electron chi connectivity index (χ3n) is 6.37. The van der Waals surface area contributed by atoms with Gasteiger partial charge in [0, 0.05) is 29.5 Å². The van der Waals surface area contributed by atoms with E-state index in [1.165, 1.54) is 4.90 Å². The third kappa shape index (κ3) is 3.53. The number of methoxy groups -OCH3 is 1. The smallest absolute Gasteiger partial charge is 0.265 e. The Hall–Kier alpha value is -3.45. The van der Waals surface area contributed by atoms with Crippen LogP contribution in [-0.4, -0.2) is 36.3 Å². The summed E-state index contributed by atoms with van der Waals surface area (Å²) in [7, 11) is 1.60. The van der Waals surface area contributed by atoms with E-state index in [0.29, 0.717) is 17.8 Å². The zero-order chi connectivity index (χ0) is 23.2. The summed E-state index contributed by atoms with van der Waals surface area (Å²) >= 11 is 3.37. The number of hydrogen-bond acceptors (Lipinski definition) is 4. The maximum atomic E-state index is 13.8. The highest BCUT2D eigenvalue weighted by atomic mass is 79.9. The maximum absolute atomic E-state index is 13.8. The molecule has 0 bridgehead atoms. The second kappa shape index (κ2) is 8.15. The van der Waals surface area contributed by atoms with Crippen molar-refractivity contribution in [3.05, 3.63) is 94.0 Å².